The van der Waals surface area contributed by atoms with E-state index >= 15 is 0 Å². The molecule has 1 unspecified atom stereocenters. The first-order valence-electron chi connectivity index (χ1n) is 12.7. The van der Waals surface area contributed by atoms with Crippen molar-refractivity contribution < 1.29 is 23.4 Å². The van der Waals surface area contributed by atoms with Crippen molar-refractivity contribution in [2.45, 2.75) is 12.6 Å². The van der Waals surface area contributed by atoms with E-state index in [0.29, 0.717) is 13.2 Å². The number of aromatic nitrogens is 1. The van der Waals surface area contributed by atoms with Crippen molar-refractivity contribution in [3.63, 3.8) is 0 Å². The molecule has 0 aliphatic carbocycles. The normalized spacial score (nSPS) is 12.6. The van der Waals surface area contributed by atoms with E-state index in [1.807, 2.05) is 66.7 Å². The van der Waals surface area contributed by atoms with E-state index in [2.05, 4.69) is 16.4 Å². The van der Waals surface area contributed by atoms with Gasteiger partial charge in [0.15, 0.2) is 0 Å². The number of rotatable bonds is 11. The maximum atomic E-state index is 12.6. The summed E-state index contributed by atoms with van der Waals surface area (Å²) in [4.78, 5) is 3.40. The number of nitrogens with one attached hydrogen (secondary N) is 2. The summed E-state index contributed by atoms with van der Waals surface area (Å²) in [6.45, 7) is 1.06. The minimum atomic E-state index is -3.70. The number of phenolic OH excluding ortho intramolecular Hbond substituents is 1. The van der Waals surface area contributed by atoms with Gasteiger partial charge in [0, 0.05) is 41.0 Å². The van der Waals surface area contributed by atoms with E-state index in [-0.39, 0.29) is 30.1 Å². The molecule has 0 saturated carbocycles. The predicted molar refractivity (Wildman–Crippen MR) is 155 cm³/mol. The molecule has 0 fully saturated rings. The number of nitrogens with zero attached hydrogens (tertiary/aromatic N) is 1. The Morgan fingerprint density at radius 2 is 1.67 bits per heavy atom. The number of aromatic amines is 1. The van der Waals surface area contributed by atoms with Crippen LogP contribution in [0.2, 0.25) is 0 Å². The van der Waals surface area contributed by atoms with Gasteiger partial charge in [0.25, 0.3) is 0 Å². The second-order valence-corrected chi connectivity index (χ2v) is 11.3. The minimum Gasteiger partial charge on any atom is -0.505 e. The highest BCUT2D eigenvalue weighted by Gasteiger charge is 2.24. The first kappa shape index (κ1) is 26.6. The van der Waals surface area contributed by atoms with Crippen LogP contribution in [0, 0.1) is 0 Å². The summed E-state index contributed by atoms with van der Waals surface area (Å²) in [5, 5.41) is 27.1. The summed E-state index contributed by atoms with van der Waals surface area (Å²) < 4.78 is 32.2. The standard InChI is InChI=1S/C30H31N3O5S/c1-39(36,37)33(20-21-8-3-2-4-9-21)28-13-7-11-25(30(28)35)29(34)19-31-16-17-38-22-14-15-24-23-10-5-6-12-26(23)32-27(24)18-22/h2-15,18,29,31-32,34-35H,16-17,19-20H2,1H3. The number of para-hydroxylation sites is 2. The smallest absolute Gasteiger partial charge is 0.232 e. The van der Waals surface area contributed by atoms with Crippen molar-refractivity contribution in [3.8, 4) is 11.5 Å². The molecule has 5 aromatic rings. The number of H-pyrrole nitrogens is 1. The molecule has 5 rings (SSSR count). The van der Waals surface area contributed by atoms with E-state index in [0.717, 1.165) is 38.3 Å². The Balaban J connectivity index is 1.19. The first-order chi connectivity index (χ1) is 18.8. The van der Waals surface area contributed by atoms with E-state index in [1.165, 1.54) is 11.5 Å². The van der Waals surface area contributed by atoms with Crippen LogP contribution in [-0.2, 0) is 16.6 Å². The number of aliphatic hydroxyl groups is 1. The molecule has 9 heteroatoms. The number of aromatic hydroxyl groups is 1. The van der Waals surface area contributed by atoms with Crippen molar-refractivity contribution in [1.82, 2.24) is 10.3 Å². The number of aliphatic hydroxyl groups excluding tert-OH is 1. The Kier molecular flexibility index (Phi) is 7.74. The molecule has 0 aliphatic rings. The van der Waals surface area contributed by atoms with Crippen LogP contribution >= 0.6 is 0 Å². The Bertz CT molecular complexity index is 1690. The van der Waals surface area contributed by atoms with Crippen molar-refractivity contribution in [1.29, 1.82) is 0 Å². The zero-order valence-corrected chi connectivity index (χ0v) is 22.4. The van der Waals surface area contributed by atoms with E-state index < -0.39 is 16.1 Å². The van der Waals surface area contributed by atoms with Gasteiger partial charge in [0.1, 0.15) is 18.1 Å². The number of ether oxygens (including phenoxy) is 1. The molecule has 1 heterocycles. The number of fused-ring (bicyclic) bond motifs is 3. The summed E-state index contributed by atoms with van der Waals surface area (Å²) in [5.41, 5.74) is 3.22. The molecule has 4 N–H and O–H groups in total. The topological polar surface area (TPSA) is 115 Å². The van der Waals surface area contributed by atoms with Gasteiger partial charge in [-0.1, -0.05) is 60.7 Å². The molecular formula is C30H31N3O5S. The summed E-state index contributed by atoms with van der Waals surface area (Å²) >= 11 is 0. The molecule has 4 aromatic carbocycles. The highest BCUT2D eigenvalue weighted by Crippen LogP contribution is 2.36. The third kappa shape index (κ3) is 6.01. The summed E-state index contributed by atoms with van der Waals surface area (Å²) in [6, 6.07) is 28.0. The van der Waals surface area contributed by atoms with E-state index in [1.54, 1.807) is 12.1 Å². The molecule has 0 bridgehead atoms. The number of phenols is 1. The number of anilines is 1. The van der Waals surface area contributed by atoms with Gasteiger partial charge in [-0.3, -0.25) is 4.31 Å². The molecule has 39 heavy (non-hydrogen) atoms. The molecule has 0 saturated heterocycles. The number of sulfonamides is 1. The number of hydrogen-bond acceptors (Lipinski definition) is 6. The maximum Gasteiger partial charge on any atom is 0.232 e. The first-order valence-corrected chi connectivity index (χ1v) is 14.5. The summed E-state index contributed by atoms with van der Waals surface area (Å²) in [7, 11) is -3.70. The minimum absolute atomic E-state index is 0.0622. The van der Waals surface area contributed by atoms with Crippen LogP contribution < -0.4 is 14.4 Å². The Morgan fingerprint density at radius 1 is 0.923 bits per heavy atom. The second kappa shape index (κ2) is 11.4. The second-order valence-electron chi connectivity index (χ2n) is 9.42. The number of benzene rings is 4. The molecule has 0 aliphatic heterocycles. The SMILES string of the molecule is CS(=O)(=O)N(Cc1ccccc1)c1cccc(C(O)CNCCOc2ccc3c(c2)[nH]c2ccccc23)c1O. The van der Waals surface area contributed by atoms with E-state index in [9.17, 15) is 18.6 Å². The number of hydrogen-bond donors (Lipinski definition) is 4. The van der Waals surface area contributed by atoms with Crippen molar-refractivity contribution in [2.75, 3.05) is 30.3 Å². The fourth-order valence-electron chi connectivity index (χ4n) is 4.66. The van der Waals surface area contributed by atoms with Gasteiger partial charge in [-0.15, -0.1) is 0 Å². The van der Waals surface area contributed by atoms with Crippen LogP contribution in [0.15, 0.2) is 91.0 Å². The van der Waals surface area contributed by atoms with Crippen molar-refractivity contribution in [2.24, 2.45) is 0 Å². The molecule has 1 atom stereocenters. The lowest BCUT2D eigenvalue weighted by Gasteiger charge is -2.25. The lowest BCUT2D eigenvalue weighted by molar-refractivity contribution is 0.168. The van der Waals surface area contributed by atoms with Gasteiger partial charge in [0.05, 0.1) is 30.1 Å². The van der Waals surface area contributed by atoms with Gasteiger partial charge in [-0.25, -0.2) is 8.42 Å². The molecule has 1 aromatic heterocycles. The highest BCUT2D eigenvalue weighted by molar-refractivity contribution is 7.92. The third-order valence-electron chi connectivity index (χ3n) is 6.61. The molecule has 202 valence electrons. The monoisotopic (exact) mass is 545 g/mol. The van der Waals surface area contributed by atoms with Crippen LogP contribution in [0.4, 0.5) is 5.69 Å². The molecule has 0 spiro atoms. The van der Waals surface area contributed by atoms with Crippen LogP contribution in [-0.4, -0.2) is 49.6 Å². The lowest BCUT2D eigenvalue weighted by atomic mass is 10.1. The Hall–Kier alpha value is -4.05. The fourth-order valence-corrected chi connectivity index (χ4v) is 5.55. The van der Waals surface area contributed by atoms with Gasteiger partial charge in [-0.05, 0) is 29.8 Å². The third-order valence-corrected chi connectivity index (χ3v) is 7.73. The van der Waals surface area contributed by atoms with E-state index in [4.69, 9.17) is 4.74 Å². The van der Waals surface area contributed by atoms with Gasteiger partial charge >= 0.3 is 0 Å². The lowest BCUT2D eigenvalue weighted by Crippen LogP contribution is -2.30. The Morgan fingerprint density at radius 3 is 2.46 bits per heavy atom. The van der Waals surface area contributed by atoms with Gasteiger partial charge in [0.2, 0.25) is 10.0 Å². The zero-order valence-electron chi connectivity index (χ0n) is 21.5. The largest absolute Gasteiger partial charge is 0.505 e. The summed E-state index contributed by atoms with van der Waals surface area (Å²) in [6.07, 6.45) is 0.0430. The Labute approximate surface area is 227 Å². The van der Waals surface area contributed by atoms with Crippen LogP contribution in [0.3, 0.4) is 0 Å². The maximum absolute atomic E-state index is 12.6. The fraction of sp³-hybridized carbons (Fsp3) is 0.200. The van der Waals surface area contributed by atoms with Crippen LogP contribution in [0.1, 0.15) is 17.2 Å². The van der Waals surface area contributed by atoms with Crippen molar-refractivity contribution >= 4 is 37.5 Å². The van der Waals surface area contributed by atoms with Gasteiger partial charge in [-0.2, -0.15) is 0 Å². The van der Waals surface area contributed by atoms with Crippen molar-refractivity contribution in [3.05, 3.63) is 102 Å². The predicted octanol–water partition coefficient (Wildman–Crippen LogP) is 4.69. The molecule has 8 nitrogen and oxygen atoms in total. The zero-order chi connectivity index (χ0) is 27.4. The van der Waals surface area contributed by atoms with Gasteiger partial charge < -0.3 is 25.3 Å². The molecular weight excluding hydrogens is 514 g/mol. The average Bonchev–Trinajstić information content (AvgIpc) is 3.29. The highest BCUT2D eigenvalue weighted by atomic mass is 32.2. The van der Waals surface area contributed by atoms with Crippen LogP contribution in [0.5, 0.6) is 11.5 Å². The molecule has 0 radical (unpaired) electrons. The quantitative estimate of drug-likeness (QED) is 0.179. The van der Waals surface area contributed by atoms with Crippen LogP contribution in [0.25, 0.3) is 21.8 Å². The summed E-state index contributed by atoms with van der Waals surface area (Å²) in [5.74, 6) is 0.470. The average molecular weight is 546 g/mol. The molecule has 0 amide bonds.